The molecule has 90 valence electrons. The van der Waals surface area contributed by atoms with Gasteiger partial charge in [-0.15, -0.1) is 0 Å². The summed E-state index contributed by atoms with van der Waals surface area (Å²) < 4.78 is 4.89. The second-order valence-electron chi connectivity index (χ2n) is 4.24. The molecule has 0 amide bonds. The summed E-state index contributed by atoms with van der Waals surface area (Å²) >= 11 is 0. The molecule has 1 unspecified atom stereocenters. The van der Waals surface area contributed by atoms with Crippen LogP contribution < -0.4 is 11.1 Å². The average molecular weight is 217 g/mol. The van der Waals surface area contributed by atoms with Crippen LogP contribution in [-0.4, -0.2) is 43.0 Å². The molecule has 0 aliphatic carbocycles. The number of nitrogens with two attached hydrogens (primary N) is 1. The number of nitrogens with zero attached hydrogens (tertiary/aromatic N) is 1. The van der Waals surface area contributed by atoms with E-state index in [1.165, 1.54) is 0 Å². The molecule has 4 N–H and O–H groups in total. The van der Waals surface area contributed by atoms with Gasteiger partial charge in [0.15, 0.2) is 5.96 Å². The van der Waals surface area contributed by atoms with Crippen molar-refractivity contribution in [1.29, 1.82) is 0 Å². The quantitative estimate of drug-likeness (QED) is 0.435. The van der Waals surface area contributed by atoms with Crippen molar-refractivity contribution in [2.45, 2.75) is 38.8 Å². The monoisotopic (exact) mass is 217 g/mol. The number of aliphatic hydroxyl groups is 1. The number of guanidine groups is 1. The van der Waals surface area contributed by atoms with Gasteiger partial charge in [-0.2, -0.15) is 0 Å². The van der Waals surface area contributed by atoms with Crippen molar-refractivity contribution in [3.8, 4) is 0 Å². The first-order chi connectivity index (χ1) is 6.87. The van der Waals surface area contributed by atoms with Crippen LogP contribution in [0.4, 0.5) is 0 Å². The standard InChI is InChI=1S/C10H23N3O2/c1-8(2)13-9(11)12-7-10(3,14)5-6-15-4/h8,14H,5-7H2,1-4H3,(H3,11,12,13). The SMILES string of the molecule is COCCC(C)(O)CN=C(N)NC(C)C. The molecular weight excluding hydrogens is 194 g/mol. The highest BCUT2D eigenvalue weighted by molar-refractivity contribution is 5.78. The Balaban J connectivity index is 3.99. The molecule has 0 heterocycles. The molecular formula is C10H23N3O2. The lowest BCUT2D eigenvalue weighted by molar-refractivity contribution is 0.0326. The van der Waals surface area contributed by atoms with Gasteiger partial charge in [0.25, 0.3) is 0 Å². The maximum atomic E-state index is 9.86. The molecule has 0 aliphatic heterocycles. The summed E-state index contributed by atoms with van der Waals surface area (Å²) in [5.74, 6) is 0.364. The van der Waals surface area contributed by atoms with E-state index in [1.807, 2.05) is 13.8 Å². The smallest absolute Gasteiger partial charge is 0.188 e. The first-order valence-electron chi connectivity index (χ1n) is 5.15. The van der Waals surface area contributed by atoms with Crippen molar-refractivity contribution in [3.05, 3.63) is 0 Å². The molecule has 1 atom stereocenters. The van der Waals surface area contributed by atoms with E-state index in [9.17, 15) is 5.11 Å². The van der Waals surface area contributed by atoms with Crippen molar-refractivity contribution in [1.82, 2.24) is 5.32 Å². The lowest BCUT2D eigenvalue weighted by Crippen LogP contribution is -2.39. The van der Waals surface area contributed by atoms with Crippen molar-refractivity contribution in [3.63, 3.8) is 0 Å². The minimum Gasteiger partial charge on any atom is -0.388 e. The first-order valence-corrected chi connectivity index (χ1v) is 5.15. The van der Waals surface area contributed by atoms with Crippen molar-refractivity contribution >= 4 is 5.96 Å². The number of aliphatic imine (C=N–C) groups is 1. The van der Waals surface area contributed by atoms with E-state index in [-0.39, 0.29) is 12.6 Å². The van der Waals surface area contributed by atoms with Crippen LogP contribution in [0.5, 0.6) is 0 Å². The van der Waals surface area contributed by atoms with Crippen molar-refractivity contribution in [2.75, 3.05) is 20.3 Å². The van der Waals surface area contributed by atoms with E-state index in [0.717, 1.165) is 0 Å². The maximum absolute atomic E-state index is 9.86. The van der Waals surface area contributed by atoms with Gasteiger partial charge < -0.3 is 20.9 Å². The summed E-state index contributed by atoms with van der Waals surface area (Å²) in [5, 5.41) is 12.8. The summed E-state index contributed by atoms with van der Waals surface area (Å²) in [6.07, 6.45) is 0.544. The van der Waals surface area contributed by atoms with Gasteiger partial charge in [0.05, 0.1) is 12.1 Å². The van der Waals surface area contributed by atoms with Crippen molar-refractivity contribution < 1.29 is 9.84 Å². The number of rotatable bonds is 6. The predicted octanol–water partition coefficient (Wildman–Crippen LogP) is 0.0866. The largest absolute Gasteiger partial charge is 0.388 e. The Labute approximate surface area is 91.7 Å². The highest BCUT2D eigenvalue weighted by atomic mass is 16.5. The summed E-state index contributed by atoms with van der Waals surface area (Å²) in [7, 11) is 1.61. The van der Waals surface area contributed by atoms with Gasteiger partial charge >= 0.3 is 0 Å². The van der Waals surface area contributed by atoms with Crippen LogP contribution in [0.15, 0.2) is 4.99 Å². The van der Waals surface area contributed by atoms with Gasteiger partial charge in [0.2, 0.25) is 0 Å². The molecule has 0 saturated heterocycles. The Bertz CT molecular complexity index is 203. The molecule has 0 saturated carbocycles. The molecule has 0 aromatic heterocycles. The first kappa shape index (κ1) is 14.2. The molecule has 0 bridgehead atoms. The zero-order valence-electron chi connectivity index (χ0n) is 10.1. The molecule has 0 aromatic rings. The highest BCUT2D eigenvalue weighted by Gasteiger charge is 2.19. The van der Waals surface area contributed by atoms with Crippen LogP contribution in [0.1, 0.15) is 27.2 Å². The van der Waals surface area contributed by atoms with E-state index in [4.69, 9.17) is 10.5 Å². The maximum Gasteiger partial charge on any atom is 0.188 e. The lowest BCUT2D eigenvalue weighted by atomic mass is 10.0. The average Bonchev–Trinajstić information content (AvgIpc) is 2.11. The van der Waals surface area contributed by atoms with Gasteiger partial charge in [-0.1, -0.05) is 0 Å². The fourth-order valence-electron chi connectivity index (χ4n) is 0.998. The number of methoxy groups -OCH3 is 1. The third-order valence-electron chi connectivity index (χ3n) is 1.87. The van der Waals surface area contributed by atoms with E-state index >= 15 is 0 Å². The lowest BCUT2D eigenvalue weighted by Gasteiger charge is -2.21. The summed E-state index contributed by atoms with van der Waals surface area (Å²) in [6, 6.07) is 0.248. The van der Waals surface area contributed by atoms with Gasteiger partial charge in [-0.05, 0) is 20.8 Å². The van der Waals surface area contributed by atoms with Crippen LogP contribution >= 0.6 is 0 Å². The van der Waals surface area contributed by atoms with Crippen LogP contribution in [-0.2, 0) is 4.74 Å². The van der Waals surface area contributed by atoms with E-state index in [0.29, 0.717) is 19.0 Å². The number of nitrogens with one attached hydrogen (secondary N) is 1. The summed E-state index contributed by atoms with van der Waals surface area (Å²) in [6.45, 7) is 6.47. The Morgan fingerprint density at radius 2 is 2.20 bits per heavy atom. The van der Waals surface area contributed by atoms with Gasteiger partial charge in [-0.3, -0.25) is 4.99 Å². The summed E-state index contributed by atoms with van der Waals surface area (Å²) in [5.41, 5.74) is 4.75. The third-order valence-corrected chi connectivity index (χ3v) is 1.87. The third kappa shape index (κ3) is 8.20. The Morgan fingerprint density at radius 3 is 2.67 bits per heavy atom. The second kappa shape index (κ2) is 6.63. The molecule has 5 heteroatoms. The molecule has 0 aromatic carbocycles. The summed E-state index contributed by atoms with van der Waals surface area (Å²) in [4.78, 5) is 4.07. The normalized spacial score (nSPS) is 16.5. The molecule has 15 heavy (non-hydrogen) atoms. The van der Waals surface area contributed by atoms with E-state index in [1.54, 1.807) is 14.0 Å². The topological polar surface area (TPSA) is 79.9 Å². The predicted molar refractivity (Wildman–Crippen MR) is 61.9 cm³/mol. The van der Waals surface area contributed by atoms with Crippen molar-refractivity contribution in [2.24, 2.45) is 10.7 Å². The Kier molecular flexibility index (Phi) is 6.27. The van der Waals surface area contributed by atoms with Crippen LogP contribution in [0.3, 0.4) is 0 Å². The molecule has 0 radical (unpaired) electrons. The van der Waals surface area contributed by atoms with Crippen LogP contribution in [0, 0.1) is 0 Å². The minimum absolute atomic E-state index is 0.248. The Hall–Kier alpha value is -0.810. The highest BCUT2D eigenvalue weighted by Crippen LogP contribution is 2.09. The van der Waals surface area contributed by atoms with Gasteiger partial charge in [0, 0.05) is 26.2 Å². The van der Waals surface area contributed by atoms with E-state index in [2.05, 4.69) is 10.3 Å². The number of hydrogen-bond acceptors (Lipinski definition) is 3. The zero-order chi connectivity index (χ0) is 11.9. The molecule has 0 aliphatic rings. The Morgan fingerprint density at radius 1 is 1.60 bits per heavy atom. The van der Waals surface area contributed by atoms with Crippen LogP contribution in [0.25, 0.3) is 0 Å². The molecule has 0 rings (SSSR count). The fraction of sp³-hybridized carbons (Fsp3) is 0.900. The van der Waals surface area contributed by atoms with Gasteiger partial charge in [0.1, 0.15) is 0 Å². The number of hydrogen-bond donors (Lipinski definition) is 3. The fourth-order valence-corrected chi connectivity index (χ4v) is 0.998. The number of ether oxygens (including phenoxy) is 1. The molecule has 0 fully saturated rings. The molecule has 5 nitrogen and oxygen atoms in total. The van der Waals surface area contributed by atoms with Gasteiger partial charge in [-0.25, -0.2) is 0 Å². The molecule has 0 spiro atoms. The van der Waals surface area contributed by atoms with E-state index < -0.39 is 5.60 Å². The zero-order valence-corrected chi connectivity index (χ0v) is 10.1. The van der Waals surface area contributed by atoms with Crippen LogP contribution in [0.2, 0.25) is 0 Å². The second-order valence-corrected chi connectivity index (χ2v) is 4.24. The minimum atomic E-state index is -0.862.